The van der Waals surface area contributed by atoms with Gasteiger partial charge < -0.3 is 9.64 Å². The first kappa shape index (κ1) is 19.0. The molecule has 0 radical (unpaired) electrons. The van der Waals surface area contributed by atoms with Crippen molar-refractivity contribution in [1.29, 1.82) is 0 Å². The van der Waals surface area contributed by atoms with E-state index in [-0.39, 0.29) is 29.3 Å². The standard InChI is InChI=1S/C21H24N2O4S/c1-14-11-17-12-18(9-10-19(17)23(14)21(24)15-7-8-15)28(25,26)22-13-16-5-3-4-6-20(16)27-2/h3-6,9-10,12,14-15,22H,7-8,11,13H2,1-2H3/t14-/m1/s1. The van der Waals surface area contributed by atoms with E-state index in [1.165, 1.54) is 0 Å². The van der Waals surface area contributed by atoms with Gasteiger partial charge in [-0.05, 0) is 56.0 Å². The van der Waals surface area contributed by atoms with Gasteiger partial charge in [0.25, 0.3) is 0 Å². The van der Waals surface area contributed by atoms with Gasteiger partial charge in [0.2, 0.25) is 15.9 Å². The van der Waals surface area contributed by atoms with Crippen LogP contribution in [0.5, 0.6) is 5.75 Å². The van der Waals surface area contributed by atoms with Crippen molar-refractivity contribution in [3.8, 4) is 5.75 Å². The number of ether oxygens (including phenoxy) is 1. The summed E-state index contributed by atoms with van der Waals surface area (Å²) in [7, 11) is -2.11. The van der Waals surface area contributed by atoms with Crippen LogP contribution in [0.4, 0.5) is 5.69 Å². The maximum Gasteiger partial charge on any atom is 0.240 e. The third-order valence-electron chi connectivity index (χ3n) is 5.39. The Kier molecular flexibility index (Phi) is 4.89. The Bertz CT molecular complexity index is 1010. The van der Waals surface area contributed by atoms with Crippen LogP contribution in [0.15, 0.2) is 47.4 Å². The largest absolute Gasteiger partial charge is 0.496 e. The van der Waals surface area contributed by atoms with Crippen molar-refractivity contribution in [3.05, 3.63) is 53.6 Å². The molecule has 6 nitrogen and oxygen atoms in total. The summed E-state index contributed by atoms with van der Waals surface area (Å²) in [5.41, 5.74) is 2.51. The highest BCUT2D eigenvalue weighted by atomic mass is 32.2. The fourth-order valence-corrected chi connectivity index (χ4v) is 4.80. The zero-order valence-corrected chi connectivity index (χ0v) is 16.8. The summed E-state index contributed by atoms with van der Waals surface area (Å²) in [4.78, 5) is 14.6. The van der Waals surface area contributed by atoms with E-state index >= 15 is 0 Å². The number of anilines is 1. The van der Waals surface area contributed by atoms with E-state index in [9.17, 15) is 13.2 Å². The monoisotopic (exact) mass is 400 g/mol. The predicted octanol–water partition coefficient (Wildman–Crippen LogP) is 2.86. The van der Waals surface area contributed by atoms with Gasteiger partial charge in [0.1, 0.15) is 5.75 Å². The molecule has 148 valence electrons. The molecule has 0 bridgehead atoms. The molecule has 1 saturated carbocycles. The summed E-state index contributed by atoms with van der Waals surface area (Å²) < 4.78 is 33.5. The van der Waals surface area contributed by atoms with Crippen LogP contribution < -0.4 is 14.4 Å². The Hall–Kier alpha value is -2.38. The number of sulfonamides is 1. The van der Waals surface area contributed by atoms with E-state index in [0.29, 0.717) is 12.2 Å². The minimum absolute atomic E-state index is 0.0580. The van der Waals surface area contributed by atoms with E-state index < -0.39 is 10.0 Å². The smallest absolute Gasteiger partial charge is 0.240 e. The van der Waals surface area contributed by atoms with Gasteiger partial charge in [0.15, 0.2) is 0 Å². The first-order valence-corrected chi connectivity index (χ1v) is 11.0. The molecule has 2 aromatic rings. The van der Waals surface area contributed by atoms with Crippen LogP contribution in [0.3, 0.4) is 0 Å². The molecule has 0 saturated heterocycles. The van der Waals surface area contributed by atoms with Crippen molar-refractivity contribution in [2.24, 2.45) is 5.92 Å². The average Bonchev–Trinajstić information content (AvgIpc) is 3.48. The summed E-state index contributed by atoms with van der Waals surface area (Å²) in [6.07, 6.45) is 2.58. The number of rotatable bonds is 6. The number of carbonyl (C=O) groups excluding carboxylic acids is 1. The summed E-state index contributed by atoms with van der Waals surface area (Å²) in [6, 6.07) is 12.4. The molecule has 4 rings (SSSR count). The molecule has 1 N–H and O–H groups in total. The van der Waals surface area contributed by atoms with Crippen LogP contribution in [-0.4, -0.2) is 27.5 Å². The van der Waals surface area contributed by atoms with Crippen LogP contribution in [0, 0.1) is 5.92 Å². The van der Waals surface area contributed by atoms with Crippen LogP contribution in [0.1, 0.15) is 30.9 Å². The number of nitrogens with one attached hydrogen (secondary N) is 1. The van der Waals surface area contributed by atoms with E-state index in [0.717, 1.165) is 29.7 Å². The Morgan fingerprint density at radius 3 is 2.68 bits per heavy atom. The van der Waals surface area contributed by atoms with E-state index in [4.69, 9.17) is 4.74 Å². The highest BCUT2D eigenvalue weighted by Crippen LogP contribution is 2.39. The number of carbonyl (C=O) groups is 1. The molecule has 1 amide bonds. The van der Waals surface area contributed by atoms with Crippen molar-refractivity contribution in [2.75, 3.05) is 12.0 Å². The van der Waals surface area contributed by atoms with Crippen LogP contribution >= 0.6 is 0 Å². The van der Waals surface area contributed by atoms with Crippen LogP contribution in [0.2, 0.25) is 0 Å². The maximum atomic E-state index is 12.8. The van der Waals surface area contributed by atoms with E-state index in [2.05, 4.69) is 4.72 Å². The lowest BCUT2D eigenvalue weighted by Gasteiger charge is -2.22. The highest BCUT2D eigenvalue weighted by Gasteiger charge is 2.39. The van der Waals surface area contributed by atoms with Gasteiger partial charge in [-0.15, -0.1) is 0 Å². The molecule has 1 heterocycles. The molecule has 1 fully saturated rings. The van der Waals surface area contributed by atoms with Crippen LogP contribution in [0.25, 0.3) is 0 Å². The quantitative estimate of drug-likeness (QED) is 0.809. The number of methoxy groups -OCH3 is 1. The molecule has 0 aromatic heterocycles. The van der Waals surface area contributed by atoms with Crippen molar-refractivity contribution in [2.45, 2.75) is 43.7 Å². The minimum Gasteiger partial charge on any atom is -0.496 e. The van der Waals surface area contributed by atoms with Crippen LogP contribution in [-0.2, 0) is 27.8 Å². The second-order valence-corrected chi connectivity index (χ2v) is 9.23. The Labute approximate surface area is 165 Å². The number of amides is 1. The van der Waals surface area contributed by atoms with Gasteiger partial charge in [0, 0.05) is 29.8 Å². The topological polar surface area (TPSA) is 75.7 Å². The predicted molar refractivity (Wildman–Crippen MR) is 107 cm³/mol. The lowest BCUT2D eigenvalue weighted by molar-refractivity contribution is -0.120. The molecule has 7 heteroatoms. The maximum absolute atomic E-state index is 12.8. The number of para-hydroxylation sites is 1. The summed E-state index contributed by atoms with van der Waals surface area (Å²) in [5, 5.41) is 0. The molecule has 1 atom stereocenters. The zero-order valence-electron chi connectivity index (χ0n) is 16.0. The van der Waals surface area contributed by atoms with Crippen molar-refractivity contribution >= 4 is 21.6 Å². The highest BCUT2D eigenvalue weighted by molar-refractivity contribution is 7.89. The SMILES string of the molecule is COc1ccccc1CNS(=O)(=O)c1ccc2c(c1)C[C@@H](C)N2C(=O)C1CC1. The Balaban J connectivity index is 1.55. The van der Waals surface area contributed by atoms with Crippen molar-refractivity contribution in [3.63, 3.8) is 0 Å². The summed E-state index contributed by atoms with van der Waals surface area (Å²) in [6.45, 7) is 2.15. The lowest BCUT2D eigenvalue weighted by atomic mass is 10.1. The van der Waals surface area contributed by atoms with Crippen molar-refractivity contribution in [1.82, 2.24) is 4.72 Å². The number of hydrogen-bond donors (Lipinski definition) is 1. The Morgan fingerprint density at radius 2 is 1.96 bits per heavy atom. The first-order chi connectivity index (χ1) is 13.4. The molecule has 2 aromatic carbocycles. The van der Waals surface area contributed by atoms with E-state index in [1.54, 1.807) is 31.4 Å². The molecule has 0 spiro atoms. The van der Waals surface area contributed by atoms with Gasteiger partial charge in [-0.25, -0.2) is 13.1 Å². The lowest BCUT2D eigenvalue weighted by Crippen LogP contribution is -2.36. The van der Waals surface area contributed by atoms with E-state index in [1.807, 2.05) is 30.0 Å². The van der Waals surface area contributed by atoms with Gasteiger partial charge in [-0.2, -0.15) is 0 Å². The average molecular weight is 401 g/mol. The molecular formula is C21H24N2O4S. The third-order valence-corrected chi connectivity index (χ3v) is 6.78. The normalized spacial score (nSPS) is 18.8. The zero-order chi connectivity index (χ0) is 19.9. The fourth-order valence-electron chi connectivity index (χ4n) is 3.74. The Morgan fingerprint density at radius 1 is 1.21 bits per heavy atom. The first-order valence-electron chi connectivity index (χ1n) is 9.48. The van der Waals surface area contributed by atoms with Crippen molar-refractivity contribution < 1.29 is 17.9 Å². The van der Waals surface area contributed by atoms with Gasteiger partial charge in [-0.1, -0.05) is 18.2 Å². The van der Waals surface area contributed by atoms with Gasteiger partial charge in [0.05, 0.1) is 12.0 Å². The molecule has 1 aliphatic carbocycles. The molecule has 0 unspecified atom stereocenters. The fraction of sp³-hybridized carbons (Fsp3) is 0.381. The second-order valence-electron chi connectivity index (χ2n) is 7.46. The van der Waals surface area contributed by atoms with Gasteiger partial charge in [-0.3, -0.25) is 4.79 Å². The minimum atomic E-state index is -3.67. The molecule has 28 heavy (non-hydrogen) atoms. The summed E-state index contributed by atoms with van der Waals surface area (Å²) in [5.74, 6) is 0.942. The molecule has 1 aliphatic heterocycles. The number of hydrogen-bond acceptors (Lipinski definition) is 4. The van der Waals surface area contributed by atoms with Gasteiger partial charge >= 0.3 is 0 Å². The molecule has 2 aliphatic rings. The second kappa shape index (κ2) is 7.22. The third kappa shape index (κ3) is 3.52. The number of fused-ring (bicyclic) bond motifs is 1. The number of benzene rings is 2. The number of nitrogens with zero attached hydrogens (tertiary/aromatic N) is 1. The molecular weight excluding hydrogens is 376 g/mol. The summed E-state index contributed by atoms with van der Waals surface area (Å²) >= 11 is 0.